The van der Waals surface area contributed by atoms with Gasteiger partial charge in [-0.15, -0.1) is 0 Å². The Bertz CT molecular complexity index is 1410. The Morgan fingerprint density at radius 2 is 1.61 bits per heavy atom. The first-order chi connectivity index (χ1) is 19.6. The number of ether oxygens (including phenoxy) is 2. The molecule has 41 heavy (non-hydrogen) atoms. The summed E-state index contributed by atoms with van der Waals surface area (Å²) in [7, 11) is -1.29. The van der Waals surface area contributed by atoms with E-state index in [1.54, 1.807) is 31.2 Å². The number of anilines is 1. The second kappa shape index (κ2) is 14.5. The summed E-state index contributed by atoms with van der Waals surface area (Å²) in [5, 5.41) is 2.84. The summed E-state index contributed by atoms with van der Waals surface area (Å²) in [5.74, 6) is -0.502. The molecule has 3 rings (SSSR count). The summed E-state index contributed by atoms with van der Waals surface area (Å²) in [4.78, 5) is 28.2. The Morgan fingerprint density at radius 3 is 2.22 bits per heavy atom. The Morgan fingerprint density at radius 1 is 0.951 bits per heavy atom. The predicted octanol–water partition coefficient (Wildman–Crippen LogP) is 4.37. The van der Waals surface area contributed by atoms with Gasteiger partial charge in [0.05, 0.1) is 24.8 Å². The van der Waals surface area contributed by atoms with Gasteiger partial charge >= 0.3 is 0 Å². The van der Waals surface area contributed by atoms with Crippen LogP contribution in [-0.4, -0.2) is 58.5 Å². The van der Waals surface area contributed by atoms with Crippen molar-refractivity contribution in [1.29, 1.82) is 0 Å². The minimum absolute atomic E-state index is 0.0260. The second-order valence-electron chi connectivity index (χ2n) is 9.36. The van der Waals surface area contributed by atoms with Gasteiger partial charge in [-0.2, -0.15) is 0 Å². The molecule has 3 aromatic rings. The van der Waals surface area contributed by atoms with Crippen molar-refractivity contribution in [1.82, 2.24) is 10.2 Å². The van der Waals surface area contributed by atoms with E-state index in [1.807, 2.05) is 6.92 Å². The molecule has 0 aliphatic rings. The molecule has 0 radical (unpaired) electrons. The fraction of sp³-hybridized carbons (Fsp3) is 0.333. The lowest BCUT2D eigenvalue weighted by Gasteiger charge is -2.32. The molecule has 0 saturated carbocycles. The quantitative estimate of drug-likeness (QED) is 0.282. The van der Waals surface area contributed by atoms with Gasteiger partial charge in [-0.25, -0.2) is 12.8 Å². The molecule has 3 aromatic carbocycles. The number of benzene rings is 3. The predicted molar refractivity (Wildman–Crippen MR) is 155 cm³/mol. The lowest BCUT2D eigenvalue weighted by atomic mass is 10.1. The van der Waals surface area contributed by atoms with Crippen LogP contribution in [0.4, 0.5) is 10.1 Å². The molecule has 0 aromatic heterocycles. The SMILES string of the molecule is CCCCNC(=O)[C@H](C)N(Cc1cccc(OC)c1)C(=O)CN(c1ccc(F)cc1)S(=O)(=O)c1ccc(OC)cc1. The van der Waals surface area contributed by atoms with Crippen LogP contribution < -0.4 is 19.1 Å². The summed E-state index contributed by atoms with van der Waals surface area (Å²) in [5.41, 5.74) is 0.786. The summed E-state index contributed by atoms with van der Waals surface area (Å²) in [6.07, 6.45) is 1.66. The molecule has 220 valence electrons. The number of halogens is 1. The Balaban J connectivity index is 2.00. The summed E-state index contributed by atoms with van der Waals surface area (Å²) in [6.45, 7) is 3.45. The van der Waals surface area contributed by atoms with Crippen molar-refractivity contribution in [2.75, 3.05) is 31.6 Å². The molecule has 0 aliphatic heterocycles. The van der Waals surface area contributed by atoms with Crippen molar-refractivity contribution in [2.45, 2.75) is 44.2 Å². The summed E-state index contributed by atoms with van der Waals surface area (Å²) >= 11 is 0. The van der Waals surface area contributed by atoms with E-state index in [4.69, 9.17) is 9.47 Å². The third-order valence-corrected chi connectivity index (χ3v) is 8.31. The van der Waals surface area contributed by atoms with Gasteiger partial charge in [0, 0.05) is 13.1 Å². The number of unbranched alkanes of at least 4 members (excludes halogenated alkanes) is 1. The van der Waals surface area contributed by atoms with E-state index in [0.717, 1.165) is 29.3 Å². The van der Waals surface area contributed by atoms with Gasteiger partial charge in [-0.3, -0.25) is 13.9 Å². The molecule has 0 heterocycles. The van der Waals surface area contributed by atoms with Crippen LogP contribution in [0.1, 0.15) is 32.3 Å². The molecule has 0 unspecified atom stereocenters. The Kier molecular flexibility index (Phi) is 11.1. The molecule has 1 N–H and O–H groups in total. The zero-order valence-corrected chi connectivity index (χ0v) is 24.5. The number of sulfonamides is 1. The third-order valence-electron chi connectivity index (χ3n) is 6.52. The Hall–Kier alpha value is -4.12. The number of hydrogen-bond donors (Lipinski definition) is 1. The molecular formula is C30H36FN3O6S. The number of rotatable bonds is 14. The Labute approximate surface area is 240 Å². The average molecular weight is 586 g/mol. The largest absolute Gasteiger partial charge is 0.497 e. The van der Waals surface area contributed by atoms with Crippen molar-refractivity contribution in [3.05, 3.63) is 84.2 Å². The van der Waals surface area contributed by atoms with Crippen molar-refractivity contribution in [3.63, 3.8) is 0 Å². The van der Waals surface area contributed by atoms with Gasteiger partial charge in [0.1, 0.15) is 29.9 Å². The third kappa shape index (κ3) is 8.20. The van der Waals surface area contributed by atoms with Crippen molar-refractivity contribution < 1.29 is 31.9 Å². The number of carbonyl (C=O) groups excluding carboxylic acids is 2. The number of nitrogens with one attached hydrogen (secondary N) is 1. The number of methoxy groups -OCH3 is 2. The lowest BCUT2D eigenvalue weighted by Crippen LogP contribution is -2.51. The van der Waals surface area contributed by atoms with Crippen LogP contribution in [0.15, 0.2) is 77.7 Å². The molecule has 0 fully saturated rings. The first kappa shape index (κ1) is 31.4. The lowest BCUT2D eigenvalue weighted by molar-refractivity contribution is -0.139. The molecule has 9 nitrogen and oxygen atoms in total. The van der Waals surface area contributed by atoms with Crippen molar-refractivity contribution >= 4 is 27.5 Å². The minimum atomic E-state index is -4.28. The first-order valence-corrected chi connectivity index (χ1v) is 14.7. The number of carbonyl (C=O) groups is 2. The molecule has 0 spiro atoms. The first-order valence-electron chi connectivity index (χ1n) is 13.2. The van der Waals surface area contributed by atoms with Crippen LogP contribution in [0.25, 0.3) is 0 Å². The highest BCUT2D eigenvalue weighted by Gasteiger charge is 2.32. The number of nitrogens with zero attached hydrogens (tertiary/aromatic N) is 2. The summed E-state index contributed by atoms with van der Waals surface area (Å²) < 4.78 is 52.8. The average Bonchev–Trinajstić information content (AvgIpc) is 2.98. The van der Waals surface area contributed by atoms with E-state index in [9.17, 15) is 22.4 Å². The molecular weight excluding hydrogens is 549 g/mol. The molecule has 1 atom stereocenters. The van der Waals surface area contributed by atoms with Gasteiger partial charge in [-0.05, 0) is 79.6 Å². The van der Waals surface area contributed by atoms with Crippen LogP contribution in [0.2, 0.25) is 0 Å². The maximum absolute atomic E-state index is 13.9. The molecule has 0 bridgehead atoms. The molecule has 2 amide bonds. The van der Waals surface area contributed by atoms with Crippen LogP contribution in [0, 0.1) is 5.82 Å². The number of amides is 2. The highest BCUT2D eigenvalue weighted by atomic mass is 32.2. The van der Waals surface area contributed by atoms with Gasteiger partial charge in [0.2, 0.25) is 11.8 Å². The van der Waals surface area contributed by atoms with Crippen LogP contribution in [0.5, 0.6) is 11.5 Å². The van der Waals surface area contributed by atoms with E-state index >= 15 is 0 Å². The minimum Gasteiger partial charge on any atom is -0.497 e. The standard InChI is InChI=1S/C30H36FN3O6S/c1-5-6-18-32-30(36)22(2)33(20-23-8-7-9-27(19-23)40-4)29(35)21-34(25-12-10-24(31)11-13-25)41(37,38)28-16-14-26(39-3)15-17-28/h7-17,19,22H,5-6,18,20-21H2,1-4H3,(H,32,36)/t22-/m0/s1. The maximum Gasteiger partial charge on any atom is 0.264 e. The van der Waals surface area contributed by atoms with E-state index < -0.39 is 34.3 Å². The zero-order chi connectivity index (χ0) is 30.0. The van der Waals surface area contributed by atoms with Crippen LogP contribution in [-0.2, 0) is 26.2 Å². The smallest absolute Gasteiger partial charge is 0.264 e. The highest BCUT2D eigenvalue weighted by Crippen LogP contribution is 2.26. The van der Waals surface area contributed by atoms with Crippen LogP contribution >= 0.6 is 0 Å². The normalized spacial score (nSPS) is 11.8. The van der Waals surface area contributed by atoms with E-state index in [-0.39, 0.29) is 23.0 Å². The fourth-order valence-electron chi connectivity index (χ4n) is 4.10. The van der Waals surface area contributed by atoms with Gasteiger partial charge in [0.25, 0.3) is 10.0 Å². The second-order valence-corrected chi connectivity index (χ2v) is 11.2. The number of hydrogen-bond acceptors (Lipinski definition) is 6. The van der Waals surface area contributed by atoms with E-state index in [2.05, 4.69) is 5.32 Å². The maximum atomic E-state index is 13.9. The molecule has 0 saturated heterocycles. The van der Waals surface area contributed by atoms with Gasteiger partial charge < -0.3 is 19.7 Å². The zero-order valence-electron chi connectivity index (χ0n) is 23.7. The topological polar surface area (TPSA) is 105 Å². The molecule has 0 aliphatic carbocycles. The van der Waals surface area contributed by atoms with Crippen LogP contribution in [0.3, 0.4) is 0 Å². The molecule has 11 heteroatoms. The van der Waals surface area contributed by atoms with Crippen molar-refractivity contribution in [3.8, 4) is 11.5 Å². The fourth-order valence-corrected chi connectivity index (χ4v) is 5.51. The van der Waals surface area contributed by atoms with Gasteiger partial charge in [-0.1, -0.05) is 25.5 Å². The van der Waals surface area contributed by atoms with E-state index in [0.29, 0.717) is 23.6 Å². The summed E-state index contributed by atoms with van der Waals surface area (Å²) in [6, 6.07) is 16.7. The monoisotopic (exact) mass is 585 g/mol. The van der Waals surface area contributed by atoms with E-state index in [1.165, 1.54) is 55.5 Å². The van der Waals surface area contributed by atoms with Gasteiger partial charge in [0.15, 0.2) is 0 Å². The highest BCUT2D eigenvalue weighted by molar-refractivity contribution is 7.92. The van der Waals surface area contributed by atoms with Crippen molar-refractivity contribution in [2.24, 2.45) is 0 Å².